The number of amides is 1. The molecule has 0 unspecified atom stereocenters. The third-order valence-electron chi connectivity index (χ3n) is 3.91. The van der Waals surface area contributed by atoms with E-state index in [0.29, 0.717) is 16.3 Å². The number of aryl methyl sites for hydroxylation is 1. The van der Waals surface area contributed by atoms with Gasteiger partial charge in [-0.05, 0) is 50.2 Å². The van der Waals surface area contributed by atoms with Gasteiger partial charge in [0.25, 0.3) is 0 Å². The number of nitrogens with zero attached hydrogens (tertiary/aromatic N) is 2. The number of Topliss-reactive ketones (excluding diaryl/α,β-unsaturated/α-hetero) is 1. The maximum atomic E-state index is 12.1. The second-order valence-electron chi connectivity index (χ2n) is 6.09. The van der Waals surface area contributed by atoms with Crippen LogP contribution in [0.5, 0.6) is 0 Å². The minimum atomic E-state index is -0.139. The molecule has 6 heteroatoms. The summed E-state index contributed by atoms with van der Waals surface area (Å²) in [6.45, 7) is 3.55. The molecule has 5 nitrogen and oxygen atoms in total. The molecule has 0 bridgehead atoms. The molecule has 0 atom stereocenters. The van der Waals surface area contributed by atoms with E-state index in [9.17, 15) is 9.59 Å². The van der Waals surface area contributed by atoms with Crippen LogP contribution in [-0.2, 0) is 4.79 Å². The number of nitrogens with one attached hydrogen (secondary N) is 1. The molecule has 0 saturated heterocycles. The molecule has 0 saturated carbocycles. The van der Waals surface area contributed by atoms with Gasteiger partial charge in [0.1, 0.15) is 5.03 Å². The number of rotatable bonds is 6. The van der Waals surface area contributed by atoms with Gasteiger partial charge in [0, 0.05) is 16.8 Å². The summed E-state index contributed by atoms with van der Waals surface area (Å²) in [5.41, 5.74) is 4.28. The Morgan fingerprint density at radius 3 is 2.22 bits per heavy atom. The molecule has 3 aromatic rings. The highest BCUT2D eigenvalue weighted by Crippen LogP contribution is 2.20. The summed E-state index contributed by atoms with van der Waals surface area (Å²) < 4.78 is 0. The molecule has 27 heavy (non-hydrogen) atoms. The number of benzene rings is 2. The Hall–Kier alpha value is -2.99. The van der Waals surface area contributed by atoms with E-state index in [1.807, 2.05) is 43.3 Å². The second-order valence-corrected chi connectivity index (χ2v) is 7.09. The van der Waals surface area contributed by atoms with Crippen LogP contribution >= 0.6 is 11.8 Å². The Morgan fingerprint density at radius 2 is 1.63 bits per heavy atom. The summed E-state index contributed by atoms with van der Waals surface area (Å²) in [5.74, 6) is 0.0867. The molecule has 1 aromatic heterocycles. The van der Waals surface area contributed by atoms with E-state index < -0.39 is 0 Å². The van der Waals surface area contributed by atoms with E-state index >= 15 is 0 Å². The summed E-state index contributed by atoms with van der Waals surface area (Å²) in [4.78, 5) is 23.3. The fourth-order valence-corrected chi connectivity index (χ4v) is 3.01. The Balaban J connectivity index is 1.54. The zero-order valence-corrected chi connectivity index (χ0v) is 15.9. The van der Waals surface area contributed by atoms with E-state index in [2.05, 4.69) is 15.5 Å². The van der Waals surface area contributed by atoms with Crippen molar-refractivity contribution in [3.05, 3.63) is 71.8 Å². The Kier molecular flexibility index (Phi) is 5.98. The molecule has 3 rings (SSSR count). The van der Waals surface area contributed by atoms with E-state index in [1.54, 1.807) is 24.3 Å². The van der Waals surface area contributed by atoms with E-state index in [-0.39, 0.29) is 17.4 Å². The summed E-state index contributed by atoms with van der Waals surface area (Å²) in [6.07, 6.45) is 0. The quantitative estimate of drug-likeness (QED) is 0.510. The van der Waals surface area contributed by atoms with Crippen molar-refractivity contribution < 1.29 is 9.59 Å². The fourth-order valence-electron chi connectivity index (χ4n) is 2.40. The number of anilines is 1. The zero-order chi connectivity index (χ0) is 19.2. The first-order valence-electron chi connectivity index (χ1n) is 8.46. The second kappa shape index (κ2) is 8.60. The van der Waals surface area contributed by atoms with Crippen molar-refractivity contribution in [3.63, 3.8) is 0 Å². The highest BCUT2D eigenvalue weighted by molar-refractivity contribution is 7.99. The van der Waals surface area contributed by atoms with Gasteiger partial charge < -0.3 is 5.32 Å². The summed E-state index contributed by atoms with van der Waals surface area (Å²) in [7, 11) is 0. The summed E-state index contributed by atoms with van der Waals surface area (Å²) in [5, 5.41) is 11.9. The van der Waals surface area contributed by atoms with Crippen LogP contribution in [-0.4, -0.2) is 27.6 Å². The maximum Gasteiger partial charge on any atom is 0.234 e. The van der Waals surface area contributed by atoms with Crippen molar-refractivity contribution >= 4 is 29.1 Å². The van der Waals surface area contributed by atoms with Crippen LogP contribution in [0, 0.1) is 6.92 Å². The molecule has 0 radical (unpaired) electrons. The lowest BCUT2D eigenvalue weighted by Crippen LogP contribution is -2.14. The van der Waals surface area contributed by atoms with Crippen molar-refractivity contribution in [1.82, 2.24) is 10.2 Å². The van der Waals surface area contributed by atoms with Crippen LogP contribution in [0.2, 0.25) is 0 Å². The van der Waals surface area contributed by atoms with Gasteiger partial charge in [0.15, 0.2) is 5.78 Å². The standard InChI is InChI=1S/C21H19N3O2S/c1-14-3-5-17(6-4-14)19-11-12-21(24-23-19)27-13-20(26)22-18-9-7-16(8-10-18)15(2)25/h3-12H,13H2,1-2H3,(H,22,26). The normalized spacial score (nSPS) is 10.4. The van der Waals surface area contributed by atoms with E-state index in [1.165, 1.54) is 24.2 Å². The monoisotopic (exact) mass is 377 g/mol. The van der Waals surface area contributed by atoms with Gasteiger partial charge in [-0.1, -0.05) is 41.6 Å². The number of carbonyl (C=O) groups is 2. The molecular formula is C21H19N3O2S. The van der Waals surface area contributed by atoms with E-state index in [4.69, 9.17) is 0 Å². The van der Waals surface area contributed by atoms with Gasteiger partial charge in [0.2, 0.25) is 5.91 Å². The minimum Gasteiger partial charge on any atom is -0.325 e. The first kappa shape index (κ1) is 18.8. The molecule has 0 aliphatic heterocycles. The van der Waals surface area contributed by atoms with Crippen LogP contribution in [0.25, 0.3) is 11.3 Å². The average molecular weight is 377 g/mol. The van der Waals surface area contributed by atoms with Crippen LogP contribution < -0.4 is 5.32 Å². The molecule has 1 N–H and O–H groups in total. The number of carbonyl (C=O) groups excluding carboxylic acids is 2. The van der Waals surface area contributed by atoms with Crippen molar-refractivity contribution in [3.8, 4) is 11.3 Å². The molecule has 1 amide bonds. The number of hydrogen-bond donors (Lipinski definition) is 1. The largest absolute Gasteiger partial charge is 0.325 e. The Morgan fingerprint density at radius 1 is 0.926 bits per heavy atom. The molecule has 1 heterocycles. The lowest BCUT2D eigenvalue weighted by Gasteiger charge is -2.06. The first-order chi connectivity index (χ1) is 13.0. The molecule has 0 aliphatic carbocycles. The van der Waals surface area contributed by atoms with Gasteiger partial charge >= 0.3 is 0 Å². The third kappa shape index (κ3) is 5.24. The molecular weight excluding hydrogens is 358 g/mol. The highest BCUT2D eigenvalue weighted by Gasteiger charge is 2.07. The Labute approximate surface area is 162 Å². The maximum absolute atomic E-state index is 12.1. The topological polar surface area (TPSA) is 72.0 Å². The van der Waals surface area contributed by atoms with Crippen LogP contribution in [0.1, 0.15) is 22.8 Å². The Bertz CT molecular complexity index is 937. The lowest BCUT2D eigenvalue weighted by atomic mass is 10.1. The fraction of sp³-hybridized carbons (Fsp3) is 0.143. The summed E-state index contributed by atoms with van der Waals surface area (Å²) in [6, 6.07) is 18.7. The number of aromatic nitrogens is 2. The van der Waals surface area contributed by atoms with Crippen LogP contribution in [0.3, 0.4) is 0 Å². The number of hydrogen-bond acceptors (Lipinski definition) is 5. The van der Waals surface area contributed by atoms with Gasteiger partial charge in [-0.25, -0.2) is 0 Å². The average Bonchev–Trinajstić information content (AvgIpc) is 2.68. The lowest BCUT2D eigenvalue weighted by molar-refractivity contribution is -0.113. The molecule has 136 valence electrons. The molecule has 2 aromatic carbocycles. The number of thioether (sulfide) groups is 1. The van der Waals surface area contributed by atoms with Gasteiger partial charge in [0.05, 0.1) is 11.4 Å². The van der Waals surface area contributed by atoms with Crippen molar-refractivity contribution in [2.45, 2.75) is 18.9 Å². The van der Waals surface area contributed by atoms with Crippen molar-refractivity contribution in [1.29, 1.82) is 0 Å². The predicted octanol–water partition coefficient (Wildman–Crippen LogP) is 4.39. The van der Waals surface area contributed by atoms with Gasteiger partial charge in [-0.3, -0.25) is 9.59 Å². The minimum absolute atomic E-state index is 0.00362. The van der Waals surface area contributed by atoms with Gasteiger partial charge in [-0.15, -0.1) is 10.2 Å². The third-order valence-corrected chi connectivity index (χ3v) is 4.83. The zero-order valence-electron chi connectivity index (χ0n) is 15.1. The number of ketones is 1. The molecule has 0 aliphatic rings. The first-order valence-corrected chi connectivity index (χ1v) is 9.44. The molecule has 0 spiro atoms. The smallest absolute Gasteiger partial charge is 0.234 e. The van der Waals surface area contributed by atoms with Crippen molar-refractivity contribution in [2.75, 3.05) is 11.1 Å². The summed E-state index contributed by atoms with van der Waals surface area (Å²) >= 11 is 1.32. The predicted molar refractivity (Wildman–Crippen MR) is 108 cm³/mol. The van der Waals surface area contributed by atoms with Crippen LogP contribution in [0.4, 0.5) is 5.69 Å². The van der Waals surface area contributed by atoms with Crippen LogP contribution in [0.15, 0.2) is 65.7 Å². The molecule has 0 fully saturated rings. The highest BCUT2D eigenvalue weighted by atomic mass is 32.2. The SMILES string of the molecule is CC(=O)c1ccc(NC(=O)CSc2ccc(-c3ccc(C)cc3)nn2)cc1. The van der Waals surface area contributed by atoms with Crippen molar-refractivity contribution in [2.24, 2.45) is 0 Å². The van der Waals surface area contributed by atoms with Gasteiger partial charge in [-0.2, -0.15) is 0 Å². The van der Waals surface area contributed by atoms with E-state index in [0.717, 1.165) is 11.3 Å².